The zero-order valence-corrected chi connectivity index (χ0v) is 10.3. The van der Waals surface area contributed by atoms with Gasteiger partial charge in [-0.1, -0.05) is 12.8 Å². The summed E-state index contributed by atoms with van der Waals surface area (Å²) in [6.07, 6.45) is 5.46. The minimum Gasteiger partial charge on any atom is -0.354 e. The highest BCUT2D eigenvalue weighted by molar-refractivity contribution is 5.84. The van der Waals surface area contributed by atoms with E-state index in [1.54, 1.807) is 4.90 Å². The minimum absolute atomic E-state index is 0.0364. The maximum Gasteiger partial charge on any atom is 0.320 e. The summed E-state index contributed by atoms with van der Waals surface area (Å²) in [5.41, 5.74) is 0. The maximum absolute atomic E-state index is 12.3. The van der Waals surface area contributed by atoms with Crippen LogP contribution >= 0.6 is 0 Å². The summed E-state index contributed by atoms with van der Waals surface area (Å²) in [4.78, 5) is 27.3. The SMILES string of the molecule is O=C1CN(C(=O)N2CCCCCC2)CCCN1. The van der Waals surface area contributed by atoms with Gasteiger partial charge in [-0.2, -0.15) is 0 Å². The van der Waals surface area contributed by atoms with Crippen molar-refractivity contribution in [3.8, 4) is 0 Å². The summed E-state index contributed by atoms with van der Waals surface area (Å²) in [6.45, 7) is 3.28. The lowest BCUT2D eigenvalue weighted by atomic mass is 10.2. The van der Waals surface area contributed by atoms with Crippen molar-refractivity contribution in [2.24, 2.45) is 0 Å². The monoisotopic (exact) mass is 239 g/mol. The second kappa shape index (κ2) is 5.89. The first kappa shape index (κ1) is 12.2. The number of hydrogen-bond donors (Lipinski definition) is 1. The van der Waals surface area contributed by atoms with Gasteiger partial charge in [-0.15, -0.1) is 0 Å². The predicted molar refractivity (Wildman–Crippen MR) is 64.6 cm³/mol. The molecule has 2 fully saturated rings. The molecule has 1 N–H and O–H groups in total. The first-order valence-electron chi connectivity index (χ1n) is 6.58. The molecule has 5 heteroatoms. The Balaban J connectivity index is 1.94. The topological polar surface area (TPSA) is 52.7 Å². The molecule has 0 bridgehead atoms. The average Bonchev–Trinajstić information content (AvgIpc) is 2.70. The fraction of sp³-hybridized carbons (Fsp3) is 0.833. The largest absolute Gasteiger partial charge is 0.354 e. The first-order chi connectivity index (χ1) is 8.27. The van der Waals surface area contributed by atoms with Crippen LogP contribution in [0, 0.1) is 0 Å². The van der Waals surface area contributed by atoms with Crippen LogP contribution in [0.15, 0.2) is 0 Å². The summed E-state index contributed by atoms with van der Waals surface area (Å²) in [5, 5.41) is 2.79. The van der Waals surface area contributed by atoms with Gasteiger partial charge in [0, 0.05) is 26.2 Å². The Morgan fingerprint density at radius 1 is 0.941 bits per heavy atom. The highest BCUT2D eigenvalue weighted by atomic mass is 16.2. The van der Waals surface area contributed by atoms with Crippen LogP contribution < -0.4 is 5.32 Å². The highest BCUT2D eigenvalue weighted by Gasteiger charge is 2.24. The Hall–Kier alpha value is -1.26. The first-order valence-corrected chi connectivity index (χ1v) is 6.58. The number of urea groups is 1. The van der Waals surface area contributed by atoms with Crippen molar-refractivity contribution in [3.05, 3.63) is 0 Å². The van der Waals surface area contributed by atoms with Gasteiger partial charge in [0.25, 0.3) is 0 Å². The van der Waals surface area contributed by atoms with Crippen LogP contribution in [0.25, 0.3) is 0 Å². The predicted octanol–water partition coefficient (Wildman–Crippen LogP) is 0.804. The number of carbonyl (C=O) groups excluding carboxylic acids is 2. The second-order valence-corrected chi connectivity index (χ2v) is 4.81. The van der Waals surface area contributed by atoms with Gasteiger partial charge in [-0.25, -0.2) is 4.79 Å². The summed E-state index contributed by atoms with van der Waals surface area (Å²) >= 11 is 0. The number of carbonyl (C=O) groups is 2. The van der Waals surface area contributed by atoms with Crippen molar-refractivity contribution in [2.45, 2.75) is 32.1 Å². The molecule has 0 aliphatic carbocycles. The Labute approximate surface area is 102 Å². The number of likely N-dealkylation sites (tertiary alicyclic amines) is 1. The lowest BCUT2D eigenvalue weighted by Gasteiger charge is -2.28. The molecule has 3 amide bonds. The van der Waals surface area contributed by atoms with E-state index in [2.05, 4.69) is 5.32 Å². The zero-order valence-electron chi connectivity index (χ0n) is 10.3. The Morgan fingerprint density at radius 2 is 1.59 bits per heavy atom. The third-order valence-electron chi connectivity index (χ3n) is 3.41. The molecule has 5 nitrogen and oxygen atoms in total. The lowest BCUT2D eigenvalue weighted by molar-refractivity contribution is -0.121. The second-order valence-electron chi connectivity index (χ2n) is 4.81. The number of amides is 3. The maximum atomic E-state index is 12.3. The molecule has 2 aliphatic heterocycles. The van der Waals surface area contributed by atoms with E-state index in [0.717, 1.165) is 32.4 Å². The van der Waals surface area contributed by atoms with Crippen LogP contribution in [0.1, 0.15) is 32.1 Å². The molecule has 0 aromatic heterocycles. The normalized spacial score (nSPS) is 22.7. The molecular weight excluding hydrogens is 218 g/mol. The van der Waals surface area contributed by atoms with Gasteiger partial charge < -0.3 is 15.1 Å². The molecule has 0 atom stereocenters. The molecule has 2 aliphatic rings. The van der Waals surface area contributed by atoms with E-state index in [1.807, 2.05) is 4.90 Å². The van der Waals surface area contributed by atoms with E-state index in [-0.39, 0.29) is 18.5 Å². The quantitative estimate of drug-likeness (QED) is 0.680. The molecule has 0 saturated carbocycles. The smallest absolute Gasteiger partial charge is 0.320 e. The Kier molecular flexibility index (Phi) is 4.23. The van der Waals surface area contributed by atoms with Crippen molar-refractivity contribution >= 4 is 11.9 Å². The van der Waals surface area contributed by atoms with Gasteiger partial charge in [0.2, 0.25) is 5.91 Å². The number of nitrogens with one attached hydrogen (secondary N) is 1. The Morgan fingerprint density at radius 3 is 2.29 bits per heavy atom. The molecule has 0 radical (unpaired) electrons. The molecular formula is C12H21N3O2. The van der Waals surface area contributed by atoms with Crippen LogP contribution in [0.2, 0.25) is 0 Å². The molecule has 2 rings (SSSR count). The Bertz CT molecular complexity index is 285. The number of nitrogens with zero attached hydrogens (tertiary/aromatic N) is 2. The molecule has 0 spiro atoms. The summed E-state index contributed by atoms with van der Waals surface area (Å²) in [5.74, 6) is -0.0364. The minimum atomic E-state index is -0.0364. The average molecular weight is 239 g/mol. The molecule has 0 aromatic carbocycles. The van der Waals surface area contributed by atoms with Crippen LogP contribution in [-0.4, -0.2) is 54.5 Å². The molecule has 0 unspecified atom stereocenters. The van der Waals surface area contributed by atoms with Crippen LogP contribution in [0.3, 0.4) is 0 Å². The van der Waals surface area contributed by atoms with Crippen molar-refractivity contribution in [1.82, 2.24) is 15.1 Å². The lowest BCUT2D eigenvalue weighted by Crippen LogP contribution is -2.46. The standard InChI is InChI=1S/C12H21N3O2/c16-11-10-15(9-5-6-13-11)12(17)14-7-3-1-2-4-8-14/h1-10H2,(H,13,16). The van der Waals surface area contributed by atoms with Crippen molar-refractivity contribution in [1.29, 1.82) is 0 Å². The van der Waals surface area contributed by atoms with Crippen LogP contribution in [0.5, 0.6) is 0 Å². The van der Waals surface area contributed by atoms with Gasteiger partial charge in [0.05, 0.1) is 0 Å². The fourth-order valence-electron chi connectivity index (χ4n) is 2.43. The van der Waals surface area contributed by atoms with E-state index >= 15 is 0 Å². The van der Waals surface area contributed by atoms with Crippen molar-refractivity contribution < 1.29 is 9.59 Å². The molecule has 2 saturated heterocycles. The number of rotatable bonds is 0. The summed E-state index contributed by atoms with van der Waals surface area (Å²) < 4.78 is 0. The summed E-state index contributed by atoms with van der Waals surface area (Å²) in [6, 6.07) is 0.0453. The van der Waals surface area contributed by atoms with E-state index in [9.17, 15) is 9.59 Å². The van der Waals surface area contributed by atoms with Crippen LogP contribution in [-0.2, 0) is 4.79 Å². The highest BCUT2D eigenvalue weighted by Crippen LogP contribution is 2.12. The van der Waals surface area contributed by atoms with Gasteiger partial charge in [0.1, 0.15) is 6.54 Å². The molecule has 0 aromatic rings. The van der Waals surface area contributed by atoms with Gasteiger partial charge in [-0.3, -0.25) is 4.79 Å². The van der Waals surface area contributed by atoms with Gasteiger partial charge in [-0.05, 0) is 19.3 Å². The molecule has 96 valence electrons. The molecule has 17 heavy (non-hydrogen) atoms. The van der Waals surface area contributed by atoms with E-state index in [0.29, 0.717) is 13.1 Å². The fourth-order valence-corrected chi connectivity index (χ4v) is 2.43. The zero-order chi connectivity index (χ0) is 12.1. The van der Waals surface area contributed by atoms with Crippen molar-refractivity contribution in [3.63, 3.8) is 0 Å². The van der Waals surface area contributed by atoms with E-state index in [4.69, 9.17) is 0 Å². The third kappa shape index (κ3) is 3.35. The number of hydrogen-bond acceptors (Lipinski definition) is 2. The third-order valence-corrected chi connectivity index (χ3v) is 3.41. The van der Waals surface area contributed by atoms with Gasteiger partial charge >= 0.3 is 6.03 Å². The van der Waals surface area contributed by atoms with Crippen molar-refractivity contribution in [2.75, 3.05) is 32.7 Å². The molecule has 2 heterocycles. The van der Waals surface area contributed by atoms with Gasteiger partial charge in [0.15, 0.2) is 0 Å². The summed E-state index contributed by atoms with van der Waals surface area (Å²) in [7, 11) is 0. The van der Waals surface area contributed by atoms with Crippen LogP contribution in [0.4, 0.5) is 4.79 Å². The van der Waals surface area contributed by atoms with E-state index < -0.39 is 0 Å². The van der Waals surface area contributed by atoms with E-state index in [1.165, 1.54) is 12.8 Å².